The quantitative estimate of drug-likeness (QED) is 0.593. The Hall–Kier alpha value is -0.570. The van der Waals surface area contributed by atoms with E-state index in [0.717, 1.165) is 13.0 Å². The van der Waals surface area contributed by atoms with E-state index in [4.69, 9.17) is 5.11 Å². The van der Waals surface area contributed by atoms with E-state index in [-0.39, 0.29) is 5.41 Å². The topological polar surface area (TPSA) is 49.3 Å². The molecular weight excluding hydrogens is 142 g/mol. The average molecular weight is 157 g/mol. The molecule has 1 fully saturated rings. The Bertz CT molecular complexity index is 177. The highest BCUT2D eigenvalue weighted by molar-refractivity contribution is 5.81. The van der Waals surface area contributed by atoms with E-state index in [2.05, 4.69) is 5.32 Å². The Labute approximate surface area is 66.8 Å². The number of rotatable bonds is 1. The van der Waals surface area contributed by atoms with Crippen LogP contribution in [0.3, 0.4) is 0 Å². The maximum atomic E-state index is 10.9. The largest absolute Gasteiger partial charge is 0.480 e. The fraction of sp³-hybridized carbons (Fsp3) is 0.875. The Morgan fingerprint density at radius 1 is 1.55 bits per heavy atom. The van der Waals surface area contributed by atoms with E-state index in [9.17, 15) is 4.79 Å². The molecule has 1 saturated heterocycles. The monoisotopic (exact) mass is 157 g/mol. The molecular formula is C8H15NO2. The first kappa shape index (κ1) is 8.53. The summed E-state index contributed by atoms with van der Waals surface area (Å²) in [5, 5.41) is 12.0. The molecule has 0 radical (unpaired) electrons. The second kappa shape index (κ2) is 2.21. The Kier molecular flexibility index (Phi) is 1.71. The van der Waals surface area contributed by atoms with Crippen molar-refractivity contribution >= 4 is 5.97 Å². The van der Waals surface area contributed by atoms with Gasteiger partial charge in [-0.2, -0.15) is 0 Å². The molecule has 11 heavy (non-hydrogen) atoms. The van der Waals surface area contributed by atoms with Crippen LogP contribution >= 0.6 is 0 Å². The molecule has 1 atom stereocenters. The van der Waals surface area contributed by atoms with Gasteiger partial charge in [-0.25, -0.2) is 0 Å². The van der Waals surface area contributed by atoms with Gasteiger partial charge in [-0.15, -0.1) is 0 Å². The molecule has 0 aromatic heterocycles. The van der Waals surface area contributed by atoms with Gasteiger partial charge in [0.25, 0.3) is 0 Å². The molecule has 0 aromatic carbocycles. The molecule has 2 N–H and O–H groups in total. The summed E-state index contributed by atoms with van der Waals surface area (Å²) in [5.41, 5.74) is -0.871. The van der Waals surface area contributed by atoms with E-state index in [1.807, 2.05) is 20.8 Å². The van der Waals surface area contributed by atoms with Crippen LogP contribution in [0.1, 0.15) is 27.2 Å². The van der Waals surface area contributed by atoms with Gasteiger partial charge in [-0.05, 0) is 18.4 Å². The molecule has 0 saturated carbocycles. The standard InChI is InChI=1S/C8H15NO2/c1-7(2,3)8(6(10)11)4-5-9-8/h9H,4-5H2,1-3H3,(H,10,11)/t8-/m1/s1. The lowest BCUT2D eigenvalue weighted by Crippen LogP contribution is -2.69. The van der Waals surface area contributed by atoms with E-state index in [0.29, 0.717) is 0 Å². The molecule has 0 unspecified atom stereocenters. The Balaban J connectivity index is 2.85. The van der Waals surface area contributed by atoms with Gasteiger partial charge in [0.15, 0.2) is 0 Å². The van der Waals surface area contributed by atoms with Crippen molar-refractivity contribution < 1.29 is 9.90 Å². The summed E-state index contributed by atoms with van der Waals surface area (Å²) in [6.07, 6.45) is 0.742. The molecule has 0 amide bonds. The van der Waals surface area contributed by atoms with Crippen LogP contribution in [-0.4, -0.2) is 23.2 Å². The van der Waals surface area contributed by atoms with Crippen molar-refractivity contribution in [2.24, 2.45) is 5.41 Å². The molecule has 0 aliphatic carbocycles. The molecule has 64 valence electrons. The highest BCUT2D eigenvalue weighted by Gasteiger charge is 2.52. The number of hydrogen-bond donors (Lipinski definition) is 2. The van der Waals surface area contributed by atoms with Crippen LogP contribution in [-0.2, 0) is 4.79 Å². The van der Waals surface area contributed by atoms with Crippen LogP contribution in [0, 0.1) is 5.41 Å². The highest BCUT2D eigenvalue weighted by Crippen LogP contribution is 2.37. The van der Waals surface area contributed by atoms with Crippen molar-refractivity contribution in [2.45, 2.75) is 32.7 Å². The lowest BCUT2D eigenvalue weighted by atomic mass is 9.67. The molecule has 0 bridgehead atoms. The first-order valence-electron chi connectivity index (χ1n) is 3.88. The fourth-order valence-corrected chi connectivity index (χ4v) is 1.52. The maximum absolute atomic E-state index is 10.9. The van der Waals surface area contributed by atoms with E-state index < -0.39 is 11.5 Å². The average Bonchev–Trinajstić information content (AvgIpc) is 1.52. The second-order valence-electron chi connectivity index (χ2n) is 4.14. The minimum absolute atomic E-state index is 0.197. The normalized spacial score (nSPS) is 31.2. The first-order valence-corrected chi connectivity index (χ1v) is 3.88. The second-order valence-corrected chi connectivity index (χ2v) is 4.14. The summed E-state index contributed by atoms with van der Waals surface area (Å²) >= 11 is 0. The molecule has 1 aliphatic heterocycles. The van der Waals surface area contributed by atoms with Crippen molar-refractivity contribution in [1.29, 1.82) is 0 Å². The van der Waals surface area contributed by atoms with Crippen LogP contribution in [0.15, 0.2) is 0 Å². The third-order valence-corrected chi connectivity index (χ3v) is 2.57. The zero-order chi connectivity index (χ0) is 8.70. The summed E-state index contributed by atoms with van der Waals surface area (Å²) in [6.45, 7) is 6.68. The van der Waals surface area contributed by atoms with Gasteiger partial charge in [0.1, 0.15) is 5.54 Å². The van der Waals surface area contributed by atoms with Crippen LogP contribution in [0.5, 0.6) is 0 Å². The Morgan fingerprint density at radius 3 is 2.00 bits per heavy atom. The van der Waals surface area contributed by atoms with Crippen molar-refractivity contribution in [3.8, 4) is 0 Å². The summed E-state index contributed by atoms with van der Waals surface area (Å²) in [6, 6.07) is 0. The molecule has 3 heteroatoms. The van der Waals surface area contributed by atoms with Crippen molar-refractivity contribution in [1.82, 2.24) is 5.32 Å². The van der Waals surface area contributed by atoms with Gasteiger partial charge in [0.05, 0.1) is 0 Å². The number of nitrogens with one attached hydrogen (secondary N) is 1. The number of carboxylic acid groups (broad SMARTS) is 1. The summed E-state index contributed by atoms with van der Waals surface area (Å²) in [5.74, 6) is -0.726. The lowest BCUT2D eigenvalue weighted by Gasteiger charge is -2.48. The molecule has 1 rings (SSSR count). The van der Waals surface area contributed by atoms with Gasteiger partial charge < -0.3 is 10.4 Å². The third kappa shape index (κ3) is 1.03. The molecule has 1 aliphatic rings. The highest BCUT2D eigenvalue weighted by atomic mass is 16.4. The molecule has 3 nitrogen and oxygen atoms in total. The zero-order valence-electron chi connectivity index (χ0n) is 7.27. The minimum Gasteiger partial charge on any atom is -0.480 e. The van der Waals surface area contributed by atoms with Crippen molar-refractivity contribution in [2.75, 3.05) is 6.54 Å². The van der Waals surface area contributed by atoms with Gasteiger partial charge in [0.2, 0.25) is 0 Å². The molecule has 1 heterocycles. The van der Waals surface area contributed by atoms with Gasteiger partial charge in [-0.1, -0.05) is 20.8 Å². The number of hydrogen-bond acceptors (Lipinski definition) is 2. The predicted octanol–water partition coefficient (Wildman–Crippen LogP) is 0.849. The minimum atomic E-state index is -0.726. The summed E-state index contributed by atoms with van der Waals surface area (Å²) < 4.78 is 0. The van der Waals surface area contributed by atoms with E-state index >= 15 is 0 Å². The fourth-order valence-electron chi connectivity index (χ4n) is 1.52. The lowest BCUT2D eigenvalue weighted by molar-refractivity contribution is -0.155. The van der Waals surface area contributed by atoms with Crippen LogP contribution in [0.25, 0.3) is 0 Å². The van der Waals surface area contributed by atoms with Crippen molar-refractivity contribution in [3.63, 3.8) is 0 Å². The summed E-state index contributed by atoms with van der Waals surface area (Å²) in [7, 11) is 0. The third-order valence-electron chi connectivity index (χ3n) is 2.57. The molecule has 0 spiro atoms. The Morgan fingerprint density at radius 2 is 2.00 bits per heavy atom. The van der Waals surface area contributed by atoms with Crippen LogP contribution in [0.4, 0.5) is 0 Å². The number of carbonyl (C=O) groups is 1. The SMILES string of the molecule is CC(C)(C)[C@]1(C(=O)O)CCN1. The van der Waals surface area contributed by atoms with Crippen molar-refractivity contribution in [3.05, 3.63) is 0 Å². The van der Waals surface area contributed by atoms with Crippen LogP contribution in [0.2, 0.25) is 0 Å². The van der Waals surface area contributed by atoms with Gasteiger partial charge >= 0.3 is 5.97 Å². The maximum Gasteiger partial charge on any atom is 0.324 e. The zero-order valence-corrected chi connectivity index (χ0v) is 7.27. The predicted molar refractivity (Wildman–Crippen MR) is 42.4 cm³/mol. The first-order chi connectivity index (χ1) is 4.90. The van der Waals surface area contributed by atoms with E-state index in [1.54, 1.807) is 0 Å². The van der Waals surface area contributed by atoms with E-state index in [1.165, 1.54) is 0 Å². The van der Waals surface area contributed by atoms with Crippen LogP contribution < -0.4 is 5.32 Å². The number of carboxylic acids is 1. The number of aliphatic carboxylic acids is 1. The van der Waals surface area contributed by atoms with Gasteiger partial charge in [-0.3, -0.25) is 4.79 Å². The van der Waals surface area contributed by atoms with Gasteiger partial charge in [0, 0.05) is 0 Å². The molecule has 0 aromatic rings. The smallest absolute Gasteiger partial charge is 0.324 e. The summed E-state index contributed by atoms with van der Waals surface area (Å²) in [4.78, 5) is 10.9.